The molecular weight excluding hydrogens is 222 g/mol. The Morgan fingerprint density at radius 1 is 1.76 bits per heavy atom. The first-order valence-electron chi connectivity index (χ1n) is 5.09. The molecule has 0 aromatic carbocycles. The lowest BCUT2D eigenvalue weighted by molar-refractivity contribution is -0.138. The number of hydrazine groups is 1. The predicted molar refractivity (Wildman–Crippen MR) is 63.0 cm³/mol. The third-order valence-electron chi connectivity index (χ3n) is 1.95. The van der Waals surface area contributed by atoms with Crippen LogP contribution in [0.25, 0.3) is 0 Å². The molecule has 1 heterocycles. The van der Waals surface area contributed by atoms with Crippen LogP contribution < -0.4 is 16.6 Å². The molecule has 0 aliphatic carbocycles. The van der Waals surface area contributed by atoms with Crippen LogP contribution >= 0.6 is 0 Å². The van der Waals surface area contributed by atoms with Crippen molar-refractivity contribution in [2.24, 2.45) is 5.73 Å². The highest BCUT2D eigenvalue weighted by Crippen LogP contribution is 2.02. The molecule has 1 rings (SSSR count). The van der Waals surface area contributed by atoms with Crippen molar-refractivity contribution in [3.63, 3.8) is 0 Å². The predicted octanol–water partition coefficient (Wildman–Crippen LogP) is -0.500. The number of hydrogen-bond acceptors (Lipinski definition) is 5. The SMILES string of the molecule is CNNc1cc(C#CCCC(N)C(=O)O)[nH]n1. The van der Waals surface area contributed by atoms with Crippen LogP contribution in [-0.2, 0) is 4.79 Å². The van der Waals surface area contributed by atoms with Crippen molar-refractivity contribution in [2.75, 3.05) is 12.5 Å². The fourth-order valence-corrected chi connectivity index (χ4v) is 1.09. The summed E-state index contributed by atoms with van der Waals surface area (Å²) in [5, 5.41) is 15.2. The summed E-state index contributed by atoms with van der Waals surface area (Å²) in [5.41, 5.74) is 11.5. The number of rotatable bonds is 5. The fourth-order valence-electron chi connectivity index (χ4n) is 1.09. The van der Waals surface area contributed by atoms with Crippen molar-refractivity contribution in [3.05, 3.63) is 11.8 Å². The Labute approximate surface area is 98.7 Å². The number of nitrogens with one attached hydrogen (secondary N) is 3. The number of aromatic nitrogens is 2. The third-order valence-corrected chi connectivity index (χ3v) is 1.95. The molecule has 1 unspecified atom stereocenters. The summed E-state index contributed by atoms with van der Waals surface area (Å²) in [4.78, 5) is 10.4. The maximum Gasteiger partial charge on any atom is 0.320 e. The van der Waals surface area contributed by atoms with Crippen molar-refractivity contribution in [2.45, 2.75) is 18.9 Å². The summed E-state index contributed by atoms with van der Waals surface area (Å²) in [6, 6.07) is 0.883. The highest BCUT2D eigenvalue weighted by atomic mass is 16.4. The van der Waals surface area contributed by atoms with Crippen molar-refractivity contribution < 1.29 is 9.90 Å². The second-order valence-electron chi connectivity index (χ2n) is 3.33. The molecule has 6 N–H and O–H groups in total. The van der Waals surface area contributed by atoms with E-state index in [0.717, 1.165) is 0 Å². The molecule has 0 spiro atoms. The molecule has 0 saturated heterocycles. The van der Waals surface area contributed by atoms with E-state index in [1.165, 1.54) is 0 Å². The minimum atomic E-state index is -1.01. The zero-order chi connectivity index (χ0) is 12.7. The van der Waals surface area contributed by atoms with Crippen LogP contribution in [0.4, 0.5) is 5.82 Å². The van der Waals surface area contributed by atoms with E-state index in [2.05, 4.69) is 32.9 Å². The first-order valence-corrected chi connectivity index (χ1v) is 5.09. The van der Waals surface area contributed by atoms with Gasteiger partial charge in [-0.2, -0.15) is 5.10 Å². The normalized spacial score (nSPS) is 11.4. The van der Waals surface area contributed by atoms with E-state index in [1.807, 2.05) is 0 Å². The molecule has 92 valence electrons. The topological polar surface area (TPSA) is 116 Å². The Morgan fingerprint density at radius 2 is 2.53 bits per heavy atom. The molecule has 17 heavy (non-hydrogen) atoms. The molecule has 0 fully saturated rings. The van der Waals surface area contributed by atoms with Gasteiger partial charge in [-0.05, 0) is 12.3 Å². The average Bonchev–Trinajstić information content (AvgIpc) is 2.72. The van der Waals surface area contributed by atoms with Crippen LogP contribution in [0.3, 0.4) is 0 Å². The summed E-state index contributed by atoms with van der Waals surface area (Å²) < 4.78 is 0. The number of aliphatic carboxylic acids is 1. The van der Waals surface area contributed by atoms with Crippen LogP contribution in [0.2, 0.25) is 0 Å². The van der Waals surface area contributed by atoms with Crippen molar-refractivity contribution in [1.82, 2.24) is 15.6 Å². The Morgan fingerprint density at radius 3 is 3.18 bits per heavy atom. The summed E-state index contributed by atoms with van der Waals surface area (Å²) >= 11 is 0. The molecule has 0 radical (unpaired) electrons. The monoisotopic (exact) mass is 237 g/mol. The van der Waals surface area contributed by atoms with Gasteiger partial charge in [-0.1, -0.05) is 5.92 Å². The molecule has 0 aliphatic heterocycles. The number of nitrogens with zero attached hydrogens (tertiary/aromatic N) is 1. The minimum Gasteiger partial charge on any atom is -0.480 e. The summed E-state index contributed by atoms with van der Waals surface area (Å²) in [6.45, 7) is 0. The molecule has 1 aromatic rings. The largest absolute Gasteiger partial charge is 0.480 e. The lowest BCUT2D eigenvalue weighted by Gasteiger charge is -2.00. The standard InChI is InChI=1S/C10H15N5O2/c1-12-14-9-6-7(13-15-9)4-2-3-5-8(11)10(16)17/h6,8,12H,3,5,11H2,1H3,(H,16,17)(H2,13,14,15). The fraction of sp³-hybridized carbons (Fsp3) is 0.400. The number of aromatic amines is 1. The molecule has 0 bridgehead atoms. The lowest BCUT2D eigenvalue weighted by Crippen LogP contribution is -2.29. The zero-order valence-corrected chi connectivity index (χ0v) is 9.45. The highest BCUT2D eigenvalue weighted by Gasteiger charge is 2.08. The molecule has 7 heteroatoms. The van der Waals surface area contributed by atoms with E-state index >= 15 is 0 Å². The summed E-state index contributed by atoms with van der Waals surface area (Å²) in [6.07, 6.45) is 0.763. The van der Waals surface area contributed by atoms with Crippen LogP contribution in [0.15, 0.2) is 6.07 Å². The number of carbonyl (C=O) groups is 1. The van der Waals surface area contributed by atoms with Gasteiger partial charge in [-0.25, -0.2) is 5.43 Å². The van der Waals surface area contributed by atoms with E-state index in [-0.39, 0.29) is 0 Å². The van der Waals surface area contributed by atoms with Crippen molar-refractivity contribution in [1.29, 1.82) is 0 Å². The van der Waals surface area contributed by atoms with Crippen LogP contribution in [0.1, 0.15) is 18.5 Å². The average molecular weight is 237 g/mol. The first-order chi connectivity index (χ1) is 8.13. The van der Waals surface area contributed by atoms with Gasteiger partial charge in [0.05, 0.1) is 0 Å². The van der Waals surface area contributed by atoms with Crippen LogP contribution in [0, 0.1) is 11.8 Å². The van der Waals surface area contributed by atoms with Crippen molar-refractivity contribution in [3.8, 4) is 11.8 Å². The third kappa shape index (κ3) is 4.55. The molecule has 0 saturated carbocycles. The lowest BCUT2D eigenvalue weighted by atomic mass is 10.2. The maximum absolute atomic E-state index is 10.4. The summed E-state index contributed by atoms with van der Waals surface area (Å²) in [5.74, 6) is 5.30. The zero-order valence-electron chi connectivity index (χ0n) is 9.45. The molecule has 0 aliphatic rings. The molecule has 7 nitrogen and oxygen atoms in total. The number of H-pyrrole nitrogens is 1. The van der Waals surface area contributed by atoms with Gasteiger partial charge >= 0.3 is 5.97 Å². The van der Waals surface area contributed by atoms with Gasteiger partial charge in [0.1, 0.15) is 11.7 Å². The van der Waals surface area contributed by atoms with E-state index in [0.29, 0.717) is 24.4 Å². The number of carboxylic acids is 1. The molecular formula is C10H15N5O2. The Hall–Kier alpha value is -2.04. The number of nitrogens with two attached hydrogens (primary N) is 1. The Bertz CT molecular complexity index is 431. The second kappa shape index (κ2) is 6.52. The molecule has 0 amide bonds. The van der Waals surface area contributed by atoms with Gasteiger partial charge in [-0.3, -0.25) is 9.89 Å². The van der Waals surface area contributed by atoms with Gasteiger partial charge in [0, 0.05) is 19.5 Å². The van der Waals surface area contributed by atoms with Gasteiger partial charge in [-0.15, -0.1) is 0 Å². The Kier molecular flexibility index (Phi) is 5.00. The van der Waals surface area contributed by atoms with Crippen LogP contribution in [0.5, 0.6) is 0 Å². The highest BCUT2D eigenvalue weighted by molar-refractivity contribution is 5.73. The molecule has 1 aromatic heterocycles. The smallest absolute Gasteiger partial charge is 0.320 e. The number of carboxylic acid groups (broad SMARTS) is 1. The Balaban J connectivity index is 2.40. The van der Waals surface area contributed by atoms with E-state index in [1.54, 1.807) is 13.1 Å². The summed E-state index contributed by atoms with van der Waals surface area (Å²) in [7, 11) is 1.73. The van der Waals surface area contributed by atoms with Crippen molar-refractivity contribution >= 4 is 11.8 Å². The number of anilines is 1. The van der Waals surface area contributed by atoms with Gasteiger partial charge in [0.25, 0.3) is 0 Å². The van der Waals surface area contributed by atoms with Crippen LogP contribution in [-0.4, -0.2) is 34.4 Å². The van der Waals surface area contributed by atoms with Gasteiger partial charge in [0.2, 0.25) is 0 Å². The number of hydrogen-bond donors (Lipinski definition) is 5. The first kappa shape index (κ1) is 13.0. The van der Waals surface area contributed by atoms with E-state index < -0.39 is 12.0 Å². The van der Waals surface area contributed by atoms with Gasteiger partial charge in [0.15, 0.2) is 5.82 Å². The van der Waals surface area contributed by atoms with E-state index in [4.69, 9.17) is 10.8 Å². The van der Waals surface area contributed by atoms with E-state index in [9.17, 15) is 4.79 Å². The quantitative estimate of drug-likeness (QED) is 0.348. The minimum absolute atomic E-state index is 0.331. The van der Waals surface area contributed by atoms with Gasteiger partial charge < -0.3 is 16.3 Å². The second-order valence-corrected chi connectivity index (χ2v) is 3.33. The molecule has 1 atom stereocenters. The maximum atomic E-state index is 10.4.